The molecule has 63 heavy (non-hydrogen) atoms. The number of halogens is 1. The summed E-state index contributed by atoms with van der Waals surface area (Å²) < 4.78 is 1.22. The van der Waals surface area contributed by atoms with Crippen molar-refractivity contribution in [2.75, 3.05) is 17.2 Å². The summed E-state index contributed by atoms with van der Waals surface area (Å²) in [7, 11) is 0. The second-order valence-corrected chi connectivity index (χ2v) is 12.7. The molecule has 8 N–H and O–H groups in total. The molecule has 0 fully saturated rings. The van der Waals surface area contributed by atoms with Crippen molar-refractivity contribution in [3.63, 3.8) is 0 Å². The minimum absolute atomic E-state index is 0.130. The average Bonchev–Trinajstić information content (AvgIpc) is 3.21. The highest BCUT2D eigenvalue weighted by Crippen LogP contribution is 2.36. The molecule has 0 bridgehead atoms. The number of anilines is 2. The van der Waals surface area contributed by atoms with Gasteiger partial charge in [0.25, 0.3) is 16.8 Å². The van der Waals surface area contributed by atoms with E-state index in [1.807, 2.05) is 0 Å². The number of aromatic carboxylic acids is 4. The number of carboxylic acids is 4. The molecule has 0 atom stereocenters. The fourth-order valence-corrected chi connectivity index (χ4v) is 5.89. The first-order chi connectivity index (χ1) is 29.8. The van der Waals surface area contributed by atoms with Gasteiger partial charge < -0.3 is 41.3 Å². The van der Waals surface area contributed by atoms with Crippen LogP contribution in [0.4, 0.5) is 40.3 Å². The van der Waals surface area contributed by atoms with Crippen molar-refractivity contribution in [1.29, 1.82) is 5.26 Å². The number of aromatic hydroxyl groups is 2. The second kappa shape index (κ2) is 18.3. The van der Waals surface area contributed by atoms with Crippen molar-refractivity contribution in [3.05, 3.63) is 119 Å². The Morgan fingerprint density at radius 1 is 0.810 bits per heavy atom. The van der Waals surface area contributed by atoms with Gasteiger partial charge in [0.05, 0.1) is 17.7 Å². The standard InChI is InChI=1S/C37H26ClN13O12/c1-14-19(13-39)27(52)50(28(53)25(14)48-46-20-9-5-7-17(31(56)57)22(20)33(60)61)12-11-41-36-43-35(38)44-37(45-36)42-16(3)51-29(54)24(40-4)15(2)26(30(51)55)49-47-21-10-6-8-18(32(58)59)23(21)34(62)63/h5-10,52,54H,3,11-12H2,1-2H3,(H,56,57)(H,58,59)(H,60,61)(H,62,63)(H2,41,42,43,44,45). The number of pyridine rings is 2. The van der Waals surface area contributed by atoms with Gasteiger partial charge in [0.2, 0.25) is 28.9 Å². The Morgan fingerprint density at radius 3 is 1.83 bits per heavy atom. The lowest BCUT2D eigenvalue weighted by Crippen LogP contribution is -2.26. The van der Waals surface area contributed by atoms with E-state index in [-0.39, 0.29) is 23.6 Å². The molecule has 3 aromatic heterocycles. The monoisotopic (exact) mass is 879 g/mol. The van der Waals surface area contributed by atoms with Gasteiger partial charge in [0.15, 0.2) is 5.69 Å². The van der Waals surface area contributed by atoms with Gasteiger partial charge >= 0.3 is 23.9 Å². The Kier molecular flexibility index (Phi) is 13.0. The zero-order valence-electron chi connectivity index (χ0n) is 32.0. The first kappa shape index (κ1) is 44.7. The third-order valence-electron chi connectivity index (χ3n) is 8.66. The van der Waals surface area contributed by atoms with Crippen LogP contribution in [0.25, 0.3) is 10.7 Å². The van der Waals surface area contributed by atoms with Crippen molar-refractivity contribution in [2.24, 2.45) is 20.5 Å². The number of nitriles is 1. The van der Waals surface area contributed by atoms with Gasteiger partial charge in [0, 0.05) is 18.7 Å². The molecule has 0 spiro atoms. The van der Waals surface area contributed by atoms with E-state index in [9.17, 15) is 64.7 Å². The van der Waals surface area contributed by atoms with Crippen molar-refractivity contribution in [2.45, 2.75) is 20.4 Å². The van der Waals surface area contributed by atoms with Gasteiger partial charge in [-0.15, -0.1) is 20.5 Å². The van der Waals surface area contributed by atoms with Crippen LogP contribution in [0, 0.1) is 31.8 Å². The third kappa shape index (κ3) is 8.98. The summed E-state index contributed by atoms with van der Waals surface area (Å²) in [6.45, 7) is 13.1. The van der Waals surface area contributed by atoms with Crippen LogP contribution in [0.3, 0.4) is 0 Å². The molecule has 0 radical (unpaired) electrons. The molecule has 5 aromatic rings. The average molecular weight is 880 g/mol. The zero-order valence-corrected chi connectivity index (χ0v) is 32.8. The zero-order chi connectivity index (χ0) is 46.4. The summed E-state index contributed by atoms with van der Waals surface area (Å²) in [6, 6.07) is 8.47. The highest BCUT2D eigenvalue weighted by Gasteiger charge is 2.25. The number of carboxylic acid groups (broad SMARTS) is 4. The van der Waals surface area contributed by atoms with Crippen molar-refractivity contribution < 1.29 is 49.8 Å². The highest BCUT2D eigenvalue weighted by molar-refractivity contribution is 6.28. The number of nitrogens with one attached hydrogen (secondary N) is 2. The van der Waals surface area contributed by atoms with Crippen molar-refractivity contribution in [3.8, 4) is 17.8 Å². The Bertz CT molecular complexity index is 3090. The Hall–Kier alpha value is -9.36. The van der Waals surface area contributed by atoms with E-state index in [0.717, 1.165) is 28.8 Å². The molecule has 0 aliphatic heterocycles. The molecule has 0 aliphatic carbocycles. The lowest BCUT2D eigenvalue weighted by atomic mass is 10.1. The van der Waals surface area contributed by atoms with Crippen LogP contribution in [-0.4, -0.2) is 85.1 Å². The number of aromatic nitrogens is 5. The molecule has 26 heteroatoms. The molecule has 3 heterocycles. The topological polar surface area (TPSA) is 374 Å². The molecule has 318 valence electrons. The van der Waals surface area contributed by atoms with Crippen LogP contribution in [0.15, 0.2) is 73.0 Å². The molecule has 25 nitrogen and oxygen atoms in total. The molecule has 0 saturated heterocycles. The van der Waals surface area contributed by atoms with E-state index in [0.29, 0.717) is 4.57 Å². The molecule has 0 aliphatic rings. The number of nitrogens with zero attached hydrogens (tertiary/aromatic N) is 11. The Labute approximate surface area is 355 Å². The van der Waals surface area contributed by atoms with E-state index in [2.05, 4.69) is 57.5 Å². The summed E-state index contributed by atoms with van der Waals surface area (Å²) in [5, 5.41) is 89.6. The SMILES string of the molecule is [C-]#[N+]c1c(C)c(N=Nc2cccc(C(=O)O)c2C(=O)O)c(=O)n(C(=C)Nc2nc(Cl)nc(NCCn3c(O)c(C#N)c(C)c(N=Nc4cccc(C(=O)O)c4C(=O)O)c3=O)n2)c1O. The fraction of sp³-hybridized carbons (Fsp3) is 0.108. The number of rotatable bonds is 15. The third-order valence-corrected chi connectivity index (χ3v) is 8.83. The molecular formula is C37H26ClN13O12. The van der Waals surface area contributed by atoms with Gasteiger partial charge in [-0.1, -0.05) is 18.7 Å². The number of azo groups is 2. The lowest BCUT2D eigenvalue weighted by Gasteiger charge is -2.16. The van der Waals surface area contributed by atoms with E-state index in [1.165, 1.54) is 26.0 Å². The molecule has 5 rings (SSSR count). The minimum Gasteiger partial charge on any atom is -0.502 e. The molecule has 0 saturated carbocycles. The summed E-state index contributed by atoms with van der Waals surface area (Å²) >= 11 is 6.11. The van der Waals surface area contributed by atoms with Crippen LogP contribution >= 0.6 is 11.6 Å². The minimum atomic E-state index is -1.66. The maximum Gasteiger partial charge on any atom is 0.338 e. The van der Waals surface area contributed by atoms with Gasteiger partial charge in [-0.05, 0) is 55.3 Å². The summed E-state index contributed by atoms with van der Waals surface area (Å²) in [6.07, 6.45) is 0. The summed E-state index contributed by atoms with van der Waals surface area (Å²) in [5.74, 6) is -9.30. The first-order valence-corrected chi connectivity index (χ1v) is 17.6. The number of hydrogen-bond donors (Lipinski definition) is 8. The fourth-order valence-electron chi connectivity index (χ4n) is 5.72. The number of carbonyl (C=O) groups is 4. The van der Waals surface area contributed by atoms with Crippen molar-refractivity contribution in [1.82, 2.24) is 24.1 Å². The van der Waals surface area contributed by atoms with E-state index in [1.54, 1.807) is 6.07 Å². The summed E-state index contributed by atoms with van der Waals surface area (Å²) in [5.41, 5.74) is -7.96. The van der Waals surface area contributed by atoms with E-state index >= 15 is 0 Å². The molecule has 0 unspecified atom stereocenters. The van der Waals surface area contributed by atoms with Crippen LogP contribution in [0.1, 0.15) is 58.1 Å². The first-order valence-electron chi connectivity index (χ1n) is 17.2. The van der Waals surface area contributed by atoms with E-state index < -0.39 is 127 Å². The smallest absolute Gasteiger partial charge is 0.338 e. The molecule has 0 amide bonds. The summed E-state index contributed by atoms with van der Waals surface area (Å²) in [4.78, 5) is 89.3. The Morgan fingerprint density at radius 2 is 1.33 bits per heavy atom. The number of benzene rings is 2. The second-order valence-electron chi connectivity index (χ2n) is 12.4. The predicted molar refractivity (Wildman–Crippen MR) is 217 cm³/mol. The molecule has 2 aromatic carbocycles. The quantitative estimate of drug-likeness (QED) is 0.0470. The highest BCUT2D eigenvalue weighted by atomic mass is 35.5. The van der Waals surface area contributed by atoms with Crippen LogP contribution in [-0.2, 0) is 6.54 Å². The lowest BCUT2D eigenvalue weighted by molar-refractivity contribution is 0.0652. The van der Waals surface area contributed by atoms with E-state index in [4.69, 9.17) is 18.2 Å². The normalized spacial score (nSPS) is 10.9. The van der Waals surface area contributed by atoms with Gasteiger partial charge in [0.1, 0.15) is 45.6 Å². The van der Waals surface area contributed by atoms with Gasteiger partial charge in [-0.2, -0.15) is 20.2 Å². The number of hydrogen-bond acceptors (Lipinski definition) is 18. The maximum atomic E-state index is 13.7. The maximum absolute atomic E-state index is 13.7. The Balaban J connectivity index is 1.43. The predicted octanol–water partition coefficient (Wildman–Crippen LogP) is 5.57. The van der Waals surface area contributed by atoms with Gasteiger partial charge in [-0.3, -0.25) is 14.2 Å². The van der Waals surface area contributed by atoms with Crippen LogP contribution < -0.4 is 21.8 Å². The van der Waals surface area contributed by atoms with Crippen LogP contribution in [0.2, 0.25) is 5.28 Å². The van der Waals surface area contributed by atoms with Crippen LogP contribution in [0.5, 0.6) is 11.8 Å². The van der Waals surface area contributed by atoms with Gasteiger partial charge in [-0.25, -0.2) is 28.6 Å². The van der Waals surface area contributed by atoms with Crippen molar-refractivity contribution >= 4 is 81.6 Å². The molecular weight excluding hydrogens is 854 g/mol. The largest absolute Gasteiger partial charge is 0.502 e.